The zero-order valence-electron chi connectivity index (χ0n) is 15.8. The lowest BCUT2D eigenvalue weighted by molar-refractivity contribution is -0.0328. The van der Waals surface area contributed by atoms with Crippen LogP contribution in [0.1, 0.15) is 11.1 Å². The van der Waals surface area contributed by atoms with E-state index in [9.17, 15) is 13.2 Å². The lowest BCUT2D eigenvalue weighted by Crippen LogP contribution is -2.03. The Bertz CT molecular complexity index is 1200. The van der Waals surface area contributed by atoms with E-state index in [2.05, 4.69) is 4.98 Å². The van der Waals surface area contributed by atoms with Gasteiger partial charge in [0, 0.05) is 21.4 Å². The summed E-state index contributed by atoms with van der Waals surface area (Å²) in [5.41, 5.74) is 0.109. The van der Waals surface area contributed by atoms with Crippen LogP contribution in [0.3, 0.4) is 0 Å². The van der Waals surface area contributed by atoms with Crippen LogP contribution in [0.5, 0.6) is 0 Å². The van der Waals surface area contributed by atoms with E-state index in [0.717, 1.165) is 16.5 Å². The van der Waals surface area contributed by atoms with E-state index in [1.54, 1.807) is 19.1 Å². The minimum absolute atomic E-state index is 0.1000. The number of para-hydroxylation sites is 1. The summed E-state index contributed by atoms with van der Waals surface area (Å²) < 4.78 is 39.4. The molecule has 0 bridgehead atoms. The van der Waals surface area contributed by atoms with Crippen molar-refractivity contribution in [3.63, 3.8) is 0 Å². The minimum atomic E-state index is -4.39. The van der Waals surface area contributed by atoms with Crippen molar-refractivity contribution in [1.82, 2.24) is 9.97 Å². The number of aryl methyl sites for hydroxylation is 2. The second kappa shape index (κ2) is 7.52. The highest BCUT2D eigenvalue weighted by molar-refractivity contribution is 8.00. The third-order valence-corrected chi connectivity index (χ3v) is 5.37. The molecule has 0 saturated carbocycles. The highest BCUT2D eigenvalue weighted by Gasteiger charge is 2.31. The Morgan fingerprint density at radius 2 is 1.59 bits per heavy atom. The van der Waals surface area contributed by atoms with E-state index in [0.29, 0.717) is 28.2 Å². The van der Waals surface area contributed by atoms with E-state index in [-0.39, 0.29) is 16.7 Å². The number of hydrogen-bond acceptors (Lipinski definition) is 3. The molecule has 0 fully saturated rings. The third-order valence-electron chi connectivity index (χ3n) is 4.58. The molecule has 0 radical (unpaired) electrons. The van der Waals surface area contributed by atoms with E-state index in [1.165, 1.54) is 6.07 Å². The number of alkyl halides is 3. The van der Waals surface area contributed by atoms with Crippen molar-refractivity contribution in [2.24, 2.45) is 0 Å². The Balaban J connectivity index is 2.00. The van der Waals surface area contributed by atoms with Crippen LogP contribution >= 0.6 is 11.8 Å². The molecular weight excluding hydrogens is 393 g/mol. The van der Waals surface area contributed by atoms with Gasteiger partial charge >= 0.3 is 5.51 Å². The first-order valence-electron chi connectivity index (χ1n) is 9.01. The summed E-state index contributed by atoms with van der Waals surface area (Å²) in [5, 5.41) is 0.862. The predicted octanol–water partition coefficient (Wildman–Crippen LogP) is 7.19. The molecule has 146 valence electrons. The molecule has 4 rings (SSSR count). The molecule has 2 nitrogen and oxygen atoms in total. The summed E-state index contributed by atoms with van der Waals surface area (Å²) in [6.07, 6.45) is 0. The lowest BCUT2D eigenvalue weighted by Gasteiger charge is -2.15. The topological polar surface area (TPSA) is 25.8 Å². The zero-order chi connectivity index (χ0) is 20.6. The number of benzene rings is 3. The van der Waals surface area contributed by atoms with Gasteiger partial charge in [0.1, 0.15) is 0 Å². The Morgan fingerprint density at radius 1 is 0.828 bits per heavy atom. The van der Waals surface area contributed by atoms with Gasteiger partial charge in [0.15, 0.2) is 5.82 Å². The van der Waals surface area contributed by atoms with Crippen LogP contribution in [-0.2, 0) is 0 Å². The lowest BCUT2D eigenvalue weighted by atomic mass is 10.0. The maximum absolute atomic E-state index is 13.1. The van der Waals surface area contributed by atoms with E-state index < -0.39 is 5.51 Å². The minimum Gasteiger partial charge on any atom is -0.228 e. The van der Waals surface area contributed by atoms with Crippen molar-refractivity contribution in [3.8, 4) is 22.6 Å². The maximum atomic E-state index is 13.1. The molecule has 6 heteroatoms. The molecule has 1 aromatic heterocycles. The summed E-state index contributed by atoms with van der Waals surface area (Å²) in [5.74, 6) is 0.296. The normalized spacial score (nSPS) is 11.8. The summed E-state index contributed by atoms with van der Waals surface area (Å²) in [4.78, 5) is 9.46. The Labute approximate surface area is 170 Å². The molecule has 1 heterocycles. The van der Waals surface area contributed by atoms with Gasteiger partial charge in [-0.25, -0.2) is 9.97 Å². The molecule has 0 spiro atoms. The number of hydrogen-bond donors (Lipinski definition) is 0. The number of aromatic nitrogens is 2. The van der Waals surface area contributed by atoms with Crippen LogP contribution in [0.15, 0.2) is 71.6 Å². The van der Waals surface area contributed by atoms with Crippen molar-refractivity contribution < 1.29 is 13.2 Å². The third kappa shape index (κ3) is 4.12. The predicted molar refractivity (Wildman–Crippen MR) is 112 cm³/mol. The van der Waals surface area contributed by atoms with Crippen molar-refractivity contribution in [2.75, 3.05) is 0 Å². The van der Waals surface area contributed by atoms with Gasteiger partial charge in [-0.1, -0.05) is 54.1 Å². The first-order valence-corrected chi connectivity index (χ1v) is 9.83. The van der Waals surface area contributed by atoms with Crippen LogP contribution in [-0.4, -0.2) is 15.5 Å². The molecular formula is C23H17F3N2S. The molecule has 0 unspecified atom stereocenters. The molecule has 0 aliphatic carbocycles. The number of fused-ring (bicyclic) bond motifs is 1. The standard InChI is InChI=1S/C23H17F3N2S/c1-14-7-5-9-16(13-14)21-17-10-3-4-11-18(17)27-22(28-21)20-15(2)8-6-12-19(20)29-23(24,25)26/h3-13H,1-2H3. The van der Waals surface area contributed by atoms with Crippen LogP contribution in [0.4, 0.5) is 13.2 Å². The summed E-state index contributed by atoms with van der Waals surface area (Å²) >= 11 is -0.134. The Hall–Kier alpha value is -2.86. The molecule has 29 heavy (non-hydrogen) atoms. The van der Waals surface area contributed by atoms with E-state index >= 15 is 0 Å². The number of nitrogens with zero attached hydrogens (tertiary/aromatic N) is 2. The van der Waals surface area contributed by atoms with Gasteiger partial charge < -0.3 is 0 Å². The number of halogens is 3. The maximum Gasteiger partial charge on any atom is 0.446 e. The largest absolute Gasteiger partial charge is 0.446 e. The van der Waals surface area contributed by atoms with Crippen LogP contribution in [0, 0.1) is 13.8 Å². The van der Waals surface area contributed by atoms with Gasteiger partial charge in [-0.2, -0.15) is 13.2 Å². The monoisotopic (exact) mass is 410 g/mol. The second-order valence-corrected chi connectivity index (χ2v) is 7.89. The molecule has 0 aliphatic rings. The molecule has 0 atom stereocenters. The molecule has 0 saturated heterocycles. The van der Waals surface area contributed by atoms with Crippen molar-refractivity contribution in [1.29, 1.82) is 0 Å². The second-order valence-electron chi connectivity index (χ2n) is 6.78. The highest BCUT2D eigenvalue weighted by Crippen LogP contribution is 2.43. The Kier molecular flexibility index (Phi) is 5.04. The van der Waals surface area contributed by atoms with Crippen molar-refractivity contribution in [3.05, 3.63) is 77.9 Å². The van der Waals surface area contributed by atoms with Gasteiger partial charge in [-0.15, -0.1) is 0 Å². The highest BCUT2D eigenvalue weighted by atomic mass is 32.2. The fourth-order valence-electron chi connectivity index (χ4n) is 3.34. The van der Waals surface area contributed by atoms with Crippen molar-refractivity contribution in [2.45, 2.75) is 24.3 Å². The average Bonchev–Trinajstić information content (AvgIpc) is 2.66. The number of thioether (sulfide) groups is 1. The summed E-state index contributed by atoms with van der Waals surface area (Å²) in [6.45, 7) is 3.77. The van der Waals surface area contributed by atoms with Crippen LogP contribution in [0.25, 0.3) is 33.5 Å². The smallest absolute Gasteiger partial charge is 0.228 e. The quantitative estimate of drug-likeness (QED) is 0.334. The SMILES string of the molecule is Cc1cccc(-c2nc(-c3c(C)cccc3SC(F)(F)F)nc3ccccc23)c1. The van der Waals surface area contributed by atoms with Gasteiger partial charge in [0.25, 0.3) is 0 Å². The summed E-state index contributed by atoms with van der Waals surface area (Å²) in [6, 6.07) is 20.3. The molecule has 4 aromatic rings. The first-order chi connectivity index (χ1) is 13.8. The number of rotatable bonds is 3. The van der Waals surface area contributed by atoms with Crippen LogP contribution in [0.2, 0.25) is 0 Å². The van der Waals surface area contributed by atoms with E-state index in [1.807, 2.05) is 55.5 Å². The average molecular weight is 410 g/mol. The first kappa shape index (κ1) is 19.5. The molecule has 0 amide bonds. The van der Waals surface area contributed by atoms with Gasteiger partial charge in [0.2, 0.25) is 0 Å². The van der Waals surface area contributed by atoms with Gasteiger partial charge in [-0.3, -0.25) is 0 Å². The molecule has 3 aromatic carbocycles. The summed E-state index contributed by atoms with van der Waals surface area (Å²) in [7, 11) is 0. The zero-order valence-corrected chi connectivity index (χ0v) is 16.6. The fraction of sp³-hybridized carbons (Fsp3) is 0.130. The van der Waals surface area contributed by atoms with E-state index in [4.69, 9.17) is 4.98 Å². The van der Waals surface area contributed by atoms with Gasteiger partial charge in [0.05, 0.1) is 11.2 Å². The Morgan fingerprint density at radius 3 is 2.34 bits per heavy atom. The molecule has 0 aliphatic heterocycles. The van der Waals surface area contributed by atoms with Crippen LogP contribution < -0.4 is 0 Å². The van der Waals surface area contributed by atoms with Crippen molar-refractivity contribution >= 4 is 22.7 Å². The fourth-order valence-corrected chi connectivity index (χ4v) is 4.09. The molecule has 0 N–H and O–H groups in total. The van der Waals surface area contributed by atoms with Gasteiger partial charge in [-0.05, 0) is 49.4 Å².